The summed E-state index contributed by atoms with van der Waals surface area (Å²) >= 11 is 0. The number of aliphatic carboxylic acids is 1. The Hall–Kier alpha value is -2.88. The predicted molar refractivity (Wildman–Crippen MR) is 117 cm³/mol. The highest BCUT2D eigenvalue weighted by Crippen LogP contribution is 2.42. The van der Waals surface area contributed by atoms with Gasteiger partial charge in [0.2, 0.25) is 0 Å². The van der Waals surface area contributed by atoms with Crippen LogP contribution in [0.2, 0.25) is 0 Å². The molecule has 4 nitrogen and oxygen atoms in total. The maximum Gasteiger partial charge on any atom is 0.328 e. The standard InChI is InChI=1S/C24H31NO3/c1-5-6-16-25-17-15-24(4)14-8-11-22(26)21(24)13-12-19(2)9-7-10-20(3)18-23(27)28/h5-7,9-10,12-13,15-18,26H,8,11,14H2,1-4H3,(H,27,28)/b6-5-,10-7+,13-12+,17-15+,19-9+,20-18+,25-16-/t24-/m1/s1. The van der Waals surface area contributed by atoms with Gasteiger partial charge in [0.05, 0.1) is 5.76 Å². The molecule has 0 aromatic carbocycles. The van der Waals surface area contributed by atoms with Crippen LogP contribution in [0.1, 0.15) is 47.0 Å². The van der Waals surface area contributed by atoms with Crippen LogP contribution in [0.5, 0.6) is 0 Å². The van der Waals surface area contributed by atoms with E-state index in [9.17, 15) is 9.90 Å². The maximum absolute atomic E-state index is 10.6. The van der Waals surface area contributed by atoms with Crippen LogP contribution in [0.3, 0.4) is 0 Å². The minimum Gasteiger partial charge on any atom is -0.512 e. The quantitative estimate of drug-likeness (QED) is 0.297. The van der Waals surface area contributed by atoms with Gasteiger partial charge in [-0.1, -0.05) is 55.0 Å². The SMILES string of the molecule is C\C=C/C=N\C=C\[C@@]1(C)CCCC(O)=C1/C=C/C(C)=C/C=C/C(C)=C/C(=O)O. The number of carbonyl (C=O) groups is 1. The Morgan fingerprint density at radius 1 is 1.18 bits per heavy atom. The molecular formula is C24H31NO3. The monoisotopic (exact) mass is 381 g/mol. The summed E-state index contributed by atoms with van der Waals surface area (Å²) in [6, 6.07) is 0. The highest BCUT2D eigenvalue weighted by Gasteiger charge is 2.30. The van der Waals surface area contributed by atoms with E-state index in [1.165, 1.54) is 0 Å². The molecule has 1 rings (SSSR count). The number of aliphatic hydroxyl groups excluding tert-OH is 1. The van der Waals surface area contributed by atoms with Gasteiger partial charge in [0.15, 0.2) is 0 Å². The van der Waals surface area contributed by atoms with Crippen molar-refractivity contribution in [3.8, 4) is 0 Å². The van der Waals surface area contributed by atoms with Gasteiger partial charge < -0.3 is 10.2 Å². The molecule has 28 heavy (non-hydrogen) atoms. The van der Waals surface area contributed by atoms with Crippen LogP contribution in [-0.2, 0) is 4.79 Å². The van der Waals surface area contributed by atoms with Gasteiger partial charge in [-0.15, -0.1) is 0 Å². The first-order valence-corrected chi connectivity index (χ1v) is 9.47. The zero-order valence-electron chi connectivity index (χ0n) is 17.2. The van der Waals surface area contributed by atoms with E-state index in [1.54, 1.807) is 25.4 Å². The average molecular weight is 382 g/mol. The van der Waals surface area contributed by atoms with E-state index in [2.05, 4.69) is 11.9 Å². The van der Waals surface area contributed by atoms with Gasteiger partial charge in [-0.3, -0.25) is 4.99 Å². The molecule has 0 saturated heterocycles. The summed E-state index contributed by atoms with van der Waals surface area (Å²) in [6.07, 6.45) is 22.5. The second kappa shape index (κ2) is 11.8. The molecule has 0 saturated carbocycles. The van der Waals surface area contributed by atoms with Gasteiger partial charge in [-0.05, 0) is 50.8 Å². The minimum atomic E-state index is -0.954. The summed E-state index contributed by atoms with van der Waals surface area (Å²) in [6.45, 7) is 7.76. The maximum atomic E-state index is 10.6. The van der Waals surface area contributed by atoms with Crippen LogP contribution in [0.15, 0.2) is 88.4 Å². The zero-order chi connectivity index (χ0) is 21.0. The number of hydrogen-bond donors (Lipinski definition) is 2. The van der Waals surface area contributed by atoms with Gasteiger partial charge in [0.1, 0.15) is 0 Å². The molecule has 2 N–H and O–H groups in total. The molecule has 4 heteroatoms. The molecule has 0 spiro atoms. The fraction of sp³-hybridized carbons (Fsp3) is 0.333. The molecular weight excluding hydrogens is 350 g/mol. The van der Waals surface area contributed by atoms with Crippen LogP contribution >= 0.6 is 0 Å². The fourth-order valence-electron chi connectivity index (χ4n) is 2.94. The van der Waals surface area contributed by atoms with E-state index < -0.39 is 5.97 Å². The van der Waals surface area contributed by atoms with Gasteiger partial charge >= 0.3 is 5.97 Å². The Kier molecular flexibility index (Phi) is 9.72. The van der Waals surface area contributed by atoms with Crippen molar-refractivity contribution in [2.24, 2.45) is 10.4 Å². The van der Waals surface area contributed by atoms with E-state index in [1.807, 2.05) is 56.4 Å². The lowest BCUT2D eigenvalue weighted by atomic mass is 9.73. The molecule has 0 unspecified atom stereocenters. The largest absolute Gasteiger partial charge is 0.512 e. The van der Waals surface area contributed by atoms with Crippen LogP contribution in [0.4, 0.5) is 0 Å². The minimum absolute atomic E-state index is 0.261. The third kappa shape index (κ3) is 8.21. The van der Waals surface area contributed by atoms with E-state index in [-0.39, 0.29) is 5.41 Å². The molecule has 150 valence electrons. The van der Waals surface area contributed by atoms with Crippen molar-refractivity contribution in [1.29, 1.82) is 0 Å². The van der Waals surface area contributed by atoms with Crippen molar-refractivity contribution in [2.75, 3.05) is 0 Å². The van der Waals surface area contributed by atoms with Gasteiger partial charge in [0, 0.05) is 30.3 Å². The van der Waals surface area contributed by atoms with E-state index in [0.29, 0.717) is 17.8 Å². The van der Waals surface area contributed by atoms with Gasteiger partial charge in [0.25, 0.3) is 0 Å². The number of rotatable bonds is 8. The second-order valence-corrected chi connectivity index (χ2v) is 7.10. The van der Waals surface area contributed by atoms with Gasteiger partial charge in [-0.25, -0.2) is 4.79 Å². The highest BCUT2D eigenvalue weighted by molar-refractivity contribution is 5.81. The van der Waals surface area contributed by atoms with Crippen LogP contribution in [-0.4, -0.2) is 22.4 Å². The summed E-state index contributed by atoms with van der Waals surface area (Å²) in [5.74, 6) is -0.527. The molecule has 0 bridgehead atoms. The highest BCUT2D eigenvalue weighted by atomic mass is 16.4. The molecule has 1 aliphatic rings. The Morgan fingerprint density at radius 3 is 2.61 bits per heavy atom. The third-order valence-electron chi connectivity index (χ3n) is 4.51. The number of allylic oxidation sites excluding steroid dienone is 12. The molecule has 0 aromatic rings. The number of aliphatic imine (C=N–C) groups is 1. The first-order valence-electron chi connectivity index (χ1n) is 9.47. The predicted octanol–water partition coefficient (Wildman–Crippen LogP) is 6.24. The third-order valence-corrected chi connectivity index (χ3v) is 4.51. The lowest BCUT2D eigenvalue weighted by Crippen LogP contribution is -2.21. The number of hydrogen-bond acceptors (Lipinski definition) is 3. The van der Waals surface area contributed by atoms with Crippen LogP contribution < -0.4 is 0 Å². The summed E-state index contributed by atoms with van der Waals surface area (Å²) in [5, 5.41) is 19.2. The van der Waals surface area contributed by atoms with Crippen molar-refractivity contribution in [3.63, 3.8) is 0 Å². The molecule has 0 aliphatic heterocycles. The van der Waals surface area contributed by atoms with Crippen molar-refractivity contribution >= 4 is 12.2 Å². The summed E-state index contributed by atoms with van der Waals surface area (Å²) < 4.78 is 0. The zero-order valence-corrected chi connectivity index (χ0v) is 17.2. The Morgan fingerprint density at radius 2 is 1.93 bits per heavy atom. The summed E-state index contributed by atoms with van der Waals surface area (Å²) in [4.78, 5) is 14.9. The number of carboxylic acids is 1. The molecule has 0 heterocycles. The van der Waals surface area contributed by atoms with E-state index in [4.69, 9.17) is 5.11 Å². The van der Waals surface area contributed by atoms with Crippen molar-refractivity contribution in [3.05, 3.63) is 83.4 Å². The average Bonchev–Trinajstić information content (AvgIpc) is 2.60. The topological polar surface area (TPSA) is 69.9 Å². The van der Waals surface area contributed by atoms with Crippen LogP contribution in [0, 0.1) is 5.41 Å². The lowest BCUT2D eigenvalue weighted by molar-refractivity contribution is -0.131. The first-order chi connectivity index (χ1) is 13.3. The Bertz CT molecular complexity index is 789. The molecule has 1 aliphatic carbocycles. The smallest absolute Gasteiger partial charge is 0.328 e. The van der Waals surface area contributed by atoms with E-state index in [0.717, 1.165) is 30.1 Å². The molecule has 0 amide bonds. The number of nitrogens with zero attached hydrogens (tertiary/aromatic N) is 1. The number of carboxylic acid groups (broad SMARTS) is 1. The fourth-order valence-corrected chi connectivity index (χ4v) is 2.94. The first kappa shape index (κ1) is 23.2. The van der Waals surface area contributed by atoms with Crippen LogP contribution in [0.25, 0.3) is 0 Å². The Labute approximate surface area is 168 Å². The van der Waals surface area contributed by atoms with Crippen molar-refractivity contribution in [1.82, 2.24) is 0 Å². The number of aliphatic hydroxyl groups is 1. The summed E-state index contributed by atoms with van der Waals surface area (Å²) in [5.41, 5.74) is 2.32. The second-order valence-electron chi connectivity index (χ2n) is 7.10. The van der Waals surface area contributed by atoms with E-state index >= 15 is 0 Å². The normalized spacial score (nSPS) is 22.7. The molecule has 0 fully saturated rings. The lowest BCUT2D eigenvalue weighted by Gasteiger charge is -2.32. The van der Waals surface area contributed by atoms with Crippen molar-refractivity contribution < 1.29 is 15.0 Å². The van der Waals surface area contributed by atoms with Gasteiger partial charge in [-0.2, -0.15) is 0 Å². The Balaban J connectivity index is 2.96. The molecule has 0 radical (unpaired) electrons. The molecule has 0 aromatic heterocycles. The molecule has 1 atom stereocenters. The van der Waals surface area contributed by atoms with Crippen molar-refractivity contribution in [2.45, 2.75) is 47.0 Å². The summed E-state index contributed by atoms with van der Waals surface area (Å²) in [7, 11) is 0.